The molecule has 0 amide bonds. The van der Waals surface area contributed by atoms with Crippen LogP contribution in [0, 0.1) is 10.8 Å². The summed E-state index contributed by atoms with van der Waals surface area (Å²) >= 11 is 0. The quantitative estimate of drug-likeness (QED) is 0.784. The van der Waals surface area contributed by atoms with Gasteiger partial charge in [-0.25, -0.2) is 8.42 Å². The summed E-state index contributed by atoms with van der Waals surface area (Å²) < 4.78 is 28.2. The third-order valence-electron chi connectivity index (χ3n) is 5.69. The summed E-state index contributed by atoms with van der Waals surface area (Å²) in [6.07, 6.45) is 3.06. The standard InChI is InChI=1S/C20H31NO2S/c1-18(2,3)15-7-9-17(10-8-15)24(22,23)21-14-20(6)12-16(21)11-19(4,5)13-20/h7-10,16H,11-14H2,1-6H3/t16-,20+/m0/s1. The molecule has 0 unspecified atom stereocenters. The third-order valence-corrected chi connectivity index (χ3v) is 7.61. The lowest BCUT2D eigenvalue weighted by atomic mass is 9.65. The van der Waals surface area contributed by atoms with Gasteiger partial charge in [0.1, 0.15) is 0 Å². The van der Waals surface area contributed by atoms with E-state index in [0.29, 0.717) is 11.4 Å². The van der Waals surface area contributed by atoms with Gasteiger partial charge in [-0.05, 0) is 53.2 Å². The lowest BCUT2D eigenvalue weighted by molar-refractivity contribution is 0.133. The lowest BCUT2D eigenvalue weighted by Gasteiger charge is -2.39. The van der Waals surface area contributed by atoms with E-state index in [-0.39, 0.29) is 22.3 Å². The van der Waals surface area contributed by atoms with E-state index in [1.165, 1.54) is 0 Å². The van der Waals surface area contributed by atoms with E-state index in [2.05, 4.69) is 41.5 Å². The van der Waals surface area contributed by atoms with Gasteiger partial charge in [0.05, 0.1) is 4.90 Å². The zero-order valence-electron chi connectivity index (χ0n) is 15.9. The van der Waals surface area contributed by atoms with Crippen molar-refractivity contribution in [2.24, 2.45) is 10.8 Å². The van der Waals surface area contributed by atoms with Crippen molar-refractivity contribution in [2.45, 2.75) is 77.2 Å². The van der Waals surface area contributed by atoms with Crippen molar-refractivity contribution in [3.63, 3.8) is 0 Å². The number of sulfonamides is 1. The summed E-state index contributed by atoms with van der Waals surface area (Å²) in [6, 6.07) is 7.63. The van der Waals surface area contributed by atoms with Crippen molar-refractivity contribution in [3.8, 4) is 0 Å². The number of hydrogen-bond donors (Lipinski definition) is 0. The van der Waals surface area contributed by atoms with E-state index in [1.807, 2.05) is 12.1 Å². The maximum absolute atomic E-state index is 13.2. The average Bonchev–Trinajstić information content (AvgIpc) is 2.67. The summed E-state index contributed by atoms with van der Waals surface area (Å²) in [5, 5.41) is 0. The molecule has 3 rings (SSSR count). The Morgan fingerprint density at radius 1 is 1.04 bits per heavy atom. The summed E-state index contributed by atoms with van der Waals surface area (Å²) in [4.78, 5) is 0.435. The van der Waals surface area contributed by atoms with Gasteiger partial charge < -0.3 is 0 Å². The Hall–Kier alpha value is -0.870. The second kappa shape index (κ2) is 5.31. The summed E-state index contributed by atoms with van der Waals surface area (Å²) in [5.74, 6) is 0. The normalized spacial score (nSPS) is 30.5. The van der Waals surface area contributed by atoms with E-state index in [0.717, 1.165) is 24.8 Å². The molecule has 1 saturated carbocycles. The molecule has 1 heterocycles. The molecule has 0 radical (unpaired) electrons. The highest BCUT2D eigenvalue weighted by Gasteiger charge is 2.53. The highest BCUT2D eigenvalue weighted by atomic mass is 32.2. The van der Waals surface area contributed by atoms with Gasteiger partial charge >= 0.3 is 0 Å². The van der Waals surface area contributed by atoms with Crippen LogP contribution in [0.4, 0.5) is 0 Å². The Bertz CT molecular complexity index is 728. The van der Waals surface area contributed by atoms with Gasteiger partial charge in [-0.1, -0.05) is 53.7 Å². The van der Waals surface area contributed by atoms with Crippen LogP contribution in [-0.4, -0.2) is 25.3 Å². The second-order valence-electron chi connectivity index (χ2n) is 10.0. The molecule has 0 aromatic heterocycles. The first-order chi connectivity index (χ1) is 10.8. The molecule has 1 aromatic rings. The molecule has 1 aliphatic heterocycles. The zero-order valence-corrected chi connectivity index (χ0v) is 16.7. The predicted octanol–water partition coefficient (Wildman–Crippen LogP) is 4.57. The van der Waals surface area contributed by atoms with Crippen LogP contribution in [0.1, 0.15) is 66.4 Å². The summed E-state index contributed by atoms with van der Waals surface area (Å²) in [7, 11) is -3.41. The maximum Gasteiger partial charge on any atom is 0.243 e. The number of nitrogens with zero attached hydrogens (tertiary/aromatic N) is 1. The third kappa shape index (κ3) is 3.15. The molecule has 1 aromatic carbocycles. The van der Waals surface area contributed by atoms with E-state index in [9.17, 15) is 8.42 Å². The second-order valence-corrected chi connectivity index (χ2v) is 11.9. The minimum atomic E-state index is -3.41. The largest absolute Gasteiger partial charge is 0.243 e. The highest BCUT2D eigenvalue weighted by Crippen LogP contribution is 2.53. The van der Waals surface area contributed by atoms with Gasteiger partial charge in [-0.2, -0.15) is 4.31 Å². The smallest absolute Gasteiger partial charge is 0.207 e. The SMILES string of the molecule is CC1(C)C[C@H]2C[C@@](C)(CN2S(=O)(=O)c2ccc(C(C)(C)C)cc2)C1. The van der Waals surface area contributed by atoms with Gasteiger partial charge in [0.25, 0.3) is 0 Å². The molecular weight excluding hydrogens is 318 g/mol. The molecule has 1 saturated heterocycles. The lowest BCUT2D eigenvalue weighted by Crippen LogP contribution is -2.37. The number of rotatable bonds is 2. The fourth-order valence-corrected chi connectivity index (χ4v) is 6.73. The van der Waals surface area contributed by atoms with Crippen LogP contribution in [0.15, 0.2) is 29.2 Å². The van der Waals surface area contributed by atoms with E-state index < -0.39 is 10.0 Å². The molecule has 2 aliphatic rings. The Labute approximate surface area is 147 Å². The Balaban J connectivity index is 1.92. The first-order valence-corrected chi connectivity index (χ1v) is 10.4. The maximum atomic E-state index is 13.2. The monoisotopic (exact) mass is 349 g/mol. The van der Waals surface area contributed by atoms with Gasteiger partial charge in [0.15, 0.2) is 0 Å². The average molecular weight is 350 g/mol. The van der Waals surface area contributed by atoms with Gasteiger partial charge in [-0.15, -0.1) is 0 Å². The summed E-state index contributed by atoms with van der Waals surface area (Å²) in [6.45, 7) is 13.9. The van der Waals surface area contributed by atoms with Gasteiger partial charge in [-0.3, -0.25) is 0 Å². The molecule has 134 valence electrons. The molecule has 24 heavy (non-hydrogen) atoms. The molecule has 0 spiro atoms. The summed E-state index contributed by atoms with van der Waals surface area (Å²) in [5.41, 5.74) is 1.53. The Morgan fingerprint density at radius 2 is 1.62 bits per heavy atom. The van der Waals surface area contributed by atoms with Crippen molar-refractivity contribution < 1.29 is 8.42 Å². The van der Waals surface area contributed by atoms with Crippen LogP contribution in [0.25, 0.3) is 0 Å². The molecule has 1 aliphatic carbocycles. The van der Waals surface area contributed by atoms with E-state index >= 15 is 0 Å². The minimum Gasteiger partial charge on any atom is -0.207 e. The molecule has 2 fully saturated rings. The molecule has 0 N–H and O–H groups in total. The van der Waals surface area contributed by atoms with Crippen LogP contribution < -0.4 is 0 Å². The molecule has 2 atom stereocenters. The topological polar surface area (TPSA) is 37.4 Å². The number of hydrogen-bond acceptors (Lipinski definition) is 2. The zero-order chi connectivity index (χ0) is 18.0. The minimum absolute atomic E-state index is 0.0317. The number of fused-ring (bicyclic) bond motifs is 2. The number of benzene rings is 1. The molecule has 2 bridgehead atoms. The van der Waals surface area contributed by atoms with Crippen molar-refractivity contribution in [1.29, 1.82) is 0 Å². The molecule has 4 heteroatoms. The van der Waals surface area contributed by atoms with E-state index in [4.69, 9.17) is 0 Å². The van der Waals surface area contributed by atoms with Crippen LogP contribution in [0.3, 0.4) is 0 Å². The molecule has 3 nitrogen and oxygen atoms in total. The highest BCUT2D eigenvalue weighted by molar-refractivity contribution is 7.89. The van der Waals surface area contributed by atoms with E-state index in [1.54, 1.807) is 16.4 Å². The van der Waals surface area contributed by atoms with Gasteiger partial charge in [0, 0.05) is 12.6 Å². The first-order valence-electron chi connectivity index (χ1n) is 8.95. The van der Waals surface area contributed by atoms with Crippen LogP contribution in [0.5, 0.6) is 0 Å². The predicted molar refractivity (Wildman–Crippen MR) is 98.6 cm³/mol. The van der Waals surface area contributed by atoms with Crippen LogP contribution >= 0.6 is 0 Å². The Kier molecular flexibility index (Phi) is 3.97. The van der Waals surface area contributed by atoms with Crippen molar-refractivity contribution in [1.82, 2.24) is 4.31 Å². The fraction of sp³-hybridized carbons (Fsp3) is 0.700. The molecular formula is C20H31NO2S. The van der Waals surface area contributed by atoms with Crippen molar-refractivity contribution in [3.05, 3.63) is 29.8 Å². The van der Waals surface area contributed by atoms with Gasteiger partial charge in [0.2, 0.25) is 10.0 Å². The van der Waals surface area contributed by atoms with Crippen LogP contribution in [0.2, 0.25) is 0 Å². The Morgan fingerprint density at radius 3 is 2.17 bits per heavy atom. The van der Waals surface area contributed by atoms with Crippen LogP contribution in [-0.2, 0) is 15.4 Å². The first kappa shape index (κ1) is 17.9. The van der Waals surface area contributed by atoms with Crippen molar-refractivity contribution >= 4 is 10.0 Å². The van der Waals surface area contributed by atoms with Crippen molar-refractivity contribution in [2.75, 3.05) is 6.54 Å². The fourth-order valence-electron chi connectivity index (χ4n) is 4.95.